The summed E-state index contributed by atoms with van der Waals surface area (Å²) in [7, 11) is -2.22. The first kappa shape index (κ1) is 23.4. The van der Waals surface area contributed by atoms with Crippen LogP contribution in [0.15, 0.2) is 36.4 Å². The molecule has 1 atom stereocenters. The Balaban J connectivity index is 1.78. The fourth-order valence-corrected chi connectivity index (χ4v) is 5.07. The first-order valence-corrected chi connectivity index (χ1v) is 12.7. The first-order valence-electron chi connectivity index (χ1n) is 10.4. The van der Waals surface area contributed by atoms with E-state index in [9.17, 15) is 13.2 Å². The Bertz CT molecular complexity index is 1060. The van der Waals surface area contributed by atoms with Crippen LogP contribution in [0.25, 0.3) is 0 Å². The van der Waals surface area contributed by atoms with Gasteiger partial charge in [-0.25, -0.2) is 8.42 Å². The number of fused-ring (bicyclic) bond motifs is 1. The average molecular weight is 465 g/mol. The number of nitrogens with zero attached hydrogens (tertiary/aromatic N) is 1. The number of benzene rings is 2. The van der Waals surface area contributed by atoms with Gasteiger partial charge in [-0.1, -0.05) is 36.7 Å². The third-order valence-corrected chi connectivity index (χ3v) is 7.07. The fourth-order valence-electron chi connectivity index (χ4n) is 3.97. The van der Waals surface area contributed by atoms with Crippen LogP contribution >= 0.6 is 11.6 Å². The minimum absolute atomic E-state index is 0.180. The summed E-state index contributed by atoms with van der Waals surface area (Å²) in [6.45, 7) is 1.67. The lowest BCUT2D eigenvalue weighted by molar-refractivity contribution is -0.120. The number of halogens is 1. The van der Waals surface area contributed by atoms with Crippen molar-refractivity contribution in [2.24, 2.45) is 0 Å². The van der Waals surface area contributed by atoms with Crippen molar-refractivity contribution in [3.63, 3.8) is 0 Å². The molecular weight excluding hydrogens is 436 g/mol. The van der Waals surface area contributed by atoms with E-state index in [0.717, 1.165) is 29.0 Å². The van der Waals surface area contributed by atoms with E-state index in [4.69, 9.17) is 16.3 Å². The number of sulfonamides is 1. The van der Waals surface area contributed by atoms with E-state index < -0.39 is 10.0 Å². The Morgan fingerprint density at radius 1 is 1.16 bits per heavy atom. The van der Waals surface area contributed by atoms with Crippen LogP contribution in [0.3, 0.4) is 0 Å². The maximum atomic E-state index is 12.8. The molecule has 3 rings (SSSR count). The average Bonchev–Trinajstić information content (AvgIpc) is 2.74. The van der Waals surface area contributed by atoms with Crippen molar-refractivity contribution >= 4 is 33.2 Å². The lowest BCUT2D eigenvalue weighted by Gasteiger charge is -2.25. The number of anilines is 1. The van der Waals surface area contributed by atoms with Gasteiger partial charge in [0, 0.05) is 0 Å². The molecule has 6 nitrogen and oxygen atoms in total. The quantitative estimate of drug-likeness (QED) is 0.633. The summed E-state index contributed by atoms with van der Waals surface area (Å²) in [4.78, 5) is 12.8. The lowest BCUT2D eigenvalue weighted by Crippen LogP contribution is -2.41. The highest BCUT2D eigenvalue weighted by molar-refractivity contribution is 7.92. The second-order valence-electron chi connectivity index (χ2n) is 7.85. The van der Waals surface area contributed by atoms with E-state index >= 15 is 0 Å². The Morgan fingerprint density at radius 3 is 2.48 bits per heavy atom. The summed E-state index contributed by atoms with van der Waals surface area (Å²) >= 11 is 6.16. The summed E-state index contributed by atoms with van der Waals surface area (Å²) in [5, 5.41) is 3.27. The highest BCUT2D eigenvalue weighted by Gasteiger charge is 2.24. The van der Waals surface area contributed by atoms with Crippen molar-refractivity contribution in [1.29, 1.82) is 0 Å². The van der Waals surface area contributed by atoms with Crippen molar-refractivity contribution in [3.05, 3.63) is 58.1 Å². The molecule has 168 valence electrons. The van der Waals surface area contributed by atoms with Gasteiger partial charge < -0.3 is 10.1 Å². The molecule has 1 amide bonds. The molecule has 0 saturated heterocycles. The molecule has 1 aliphatic rings. The Labute approximate surface area is 189 Å². The standard InChI is InChI=1S/C23H29ClN2O4S/c1-4-21(18-10-9-16-7-5-6-8-17(16)13-18)25-23(27)15-26(31(3,28)29)19-11-12-22(30-2)20(24)14-19/h9-14,21H,4-8,15H2,1-3H3,(H,25,27). The van der Waals surface area contributed by atoms with E-state index in [2.05, 4.69) is 23.5 Å². The van der Waals surface area contributed by atoms with E-state index in [0.29, 0.717) is 17.9 Å². The van der Waals surface area contributed by atoms with Crippen LogP contribution in [-0.4, -0.2) is 34.2 Å². The van der Waals surface area contributed by atoms with Crippen molar-refractivity contribution in [2.45, 2.75) is 45.1 Å². The number of aryl methyl sites for hydroxylation is 2. The highest BCUT2D eigenvalue weighted by atomic mass is 35.5. The van der Waals surface area contributed by atoms with Crippen LogP contribution in [0.5, 0.6) is 5.75 Å². The molecule has 1 aliphatic carbocycles. The molecule has 8 heteroatoms. The van der Waals surface area contributed by atoms with Crippen LogP contribution in [0.2, 0.25) is 5.02 Å². The molecule has 1 unspecified atom stereocenters. The Hall–Kier alpha value is -2.25. The smallest absolute Gasteiger partial charge is 0.241 e. The van der Waals surface area contributed by atoms with Crippen molar-refractivity contribution in [3.8, 4) is 5.75 Å². The monoisotopic (exact) mass is 464 g/mol. The number of methoxy groups -OCH3 is 1. The minimum atomic E-state index is -3.70. The number of carbonyl (C=O) groups is 1. The Morgan fingerprint density at radius 2 is 1.87 bits per heavy atom. The summed E-state index contributed by atoms with van der Waals surface area (Å²) in [5.74, 6) is 0.0590. The number of nitrogens with one attached hydrogen (secondary N) is 1. The van der Waals surface area contributed by atoms with Gasteiger partial charge >= 0.3 is 0 Å². The number of hydrogen-bond acceptors (Lipinski definition) is 4. The number of amides is 1. The van der Waals surface area contributed by atoms with E-state index in [-0.39, 0.29) is 23.5 Å². The fraction of sp³-hybridized carbons (Fsp3) is 0.435. The molecule has 1 N–H and O–H groups in total. The van der Waals surface area contributed by atoms with Crippen molar-refractivity contribution in [2.75, 3.05) is 24.2 Å². The predicted molar refractivity (Wildman–Crippen MR) is 124 cm³/mol. The van der Waals surface area contributed by atoms with Gasteiger partial charge in [0.2, 0.25) is 15.9 Å². The largest absolute Gasteiger partial charge is 0.495 e. The SMILES string of the molecule is CCC(NC(=O)CN(c1ccc(OC)c(Cl)c1)S(C)(=O)=O)c1ccc2c(c1)CCCC2. The summed E-state index contributed by atoms with van der Waals surface area (Å²) < 4.78 is 31.0. The van der Waals surface area contributed by atoms with Gasteiger partial charge in [0.25, 0.3) is 0 Å². The first-order chi connectivity index (χ1) is 14.7. The zero-order valence-electron chi connectivity index (χ0n) is 18.2. The molecule has 0 aromatic heterocycles. The van der Waals surface area contributed by atoms with Crippen LogP contribution in [-0.2, 0) is 27.7 Å². The van der Waals surface area contributed by atoms with Crippen LogP contribution in [0, 0.1) is 0 Å². The number of carbonyl (C=O) groups excluding carboxylic acids is 1. The zero-order chi connectivity index (χ0) is 22.6. The van der Waals surface area contributed by atoms with Crippen molar-refractivity contribution in [1.82, 2.24) is 5.32 Å². The third-order valence-electron chi connectivity index (χ3n) is 5.63. The molecule has 0 spiro atoms. The molecule has 2 aromatic carbocycles. The summed E-state index contributed by atoms with van der Waals surface area (Å²) in [5.41, 5.74) is 4.10. The number of hydrogen-bond donors (Lipinski definition) is 1. The topological polar surface area (TPSA) is 75.7 Å². The van der Waals surface area contributed by atoms with Gasteiger partial charge in [0.1, 0.15) is 12.3 Å². The maximum Gasteiger partial charge on any atom is 0.241 e. The zero-order valence-corrected chi connectivity index (χ0v) is 19.7. The second kappa shape index (κ2) is 9.92. The Kier molecular flexibility index (Phi) is 7.49. The molecule has 2 aromatic rings. The maximum absolute atomic E-state index is 12.8. The highest BCUT2D eigenvalue weighted by Crippen LogP contribution is 2.30. The normalized spacial score (nSPS) is 14.5. The summed E-state index contributed by atoms with van der Waals surface area (Å²) in [6.07, 6.45) is 6.35. The molecule has 0 aliphatic heterocycles. The van der Waals surface area contributed by atoms with Gasteiger partial charge in [0.05, 0.1) is 30.1 Å². The number of rotatable bonds is 8. The second-order valence-corrected chi connectivity index (χ2v) is 10.2. The van der Waals surface area contributed by atoms with E-state index in [1.165, 1.54) is 37.1 Å². The molecular formula is C23H29ClN2O4S. The molecule has 31 heavy (non-hydrogen) atoms. The van der Waals surface area contributed by atoms with Crippen molar-refractivity contribution < 1.29 is 17.9 Å². The van der Waals surface area contributed by atoms with E-state index in [1.54, 1.807) is 12.1 Å². The summed E-state index contributed by atoms with van der Waals surface area (Å²) in [6, 6.07) is 10.9. The molecule has 0 heterocycles. The molecule has 0 radical (unpaired) electrons. The van der Waals surface area contributed by atoms with Gasteiger partial charge in [-0.3, -0.25) is 9.10 Å². The lowest BCUT2D eigenvalue weighted by atomic mass is 9.89. The van der Waals surface area contributed by atoms with Gasteiger partial charge in [-0.05, 0) is 67.0 Å². The van der Waals surface area contributed by atoms with Gasteiger partial charge in [-0.2, -0.15) is 0 Å². The van der Waals surface area contributed by atoms with Crippen LogP contribution < -0.4 is 14.4 Å². The predicted octanol–water partition coefficient (Wildman–Crippen LogP) is 4.26. The molecule has 0 saturated carbocycles. The minimum Gasteiger partial charge on any atom is -0.495 e. The van der Waals surface area contributed by atoms with Crippen LogP contribution in [0.1, 0.15) is 48.9 Å². The van der Waals surface area contributed by atoms with Gasteiger partial charge in [-0.15, -0.1) is 0 Å². The third kappa shape index (κ3) is 5.71. The molecule has 0 fully saturated rings. The van der Waals surface area contributed by atoms with E-state index in [1.807, 2.05) is 6.92 Å². The van der Waals surface area contributed by atoms with Crippen LogP contribution in [0.4, 0.5) is 5.69 Å². The molecule has 0 bridgehead atoms. The van der Waals surface area contributed by atoms with Gasteiger partial charge in [0.15, 0.2) is 0 Å². The number of ether oxygens (including phenoxy) is 1.